The number of carbonyl (C=O) groups is 2. The van der Waals surface area contributed by atoms with Crippen LogP contribution in [0.4, 0.5) is 0 Å². The Kier molecular flexibility index (Phi) is 4.94. The fourth-order valence-electron chi connectivity index (χ4n) is 3.02. The van der Waals surface area contributed by atoms with Crippen molar-refractivity contribution in [1.29, 1.82) is 0 Å². The van der Waals surface area contributed by atoms with Crippen LogP contribution in [-0.4, -0.2) is 22.5 Å². The number of nitrogens with one attached hydrogen (secondary N) is 1. The van der Waals surface area contributed by atoms with Crippen LogP contribution in [0.15, 0.2) is 10.5 Å². The molecule has 1 aromatic heterocycles. The number of carboxylic acids is 1. The first-order valence-corrected chi connectivity index (χ1v) is 8.02. The number of hydrogen-bond donors (Lipinski definition) is 2. The molecule has 0 radical (unpaired) electrons. The van der Waals surface area contributed by atoms with Gasteiger partial charge in [0.15, 0.2) is 0 Å². The number of carbonyl (C=O) groups excluding carboxylic acids is 1. The van der Waals surface area contributed by atoms with Crippen LogP contribution in [0.1, 0.15) is 80.2 Å². The van der Waals surface area contributed by atoms with E-state index in [1.54, 1.807) is 13.0 Å². The molecule has 1 fully saturated rings. The van der Waals surface area contributed by atoms with Crippen LogP contribution in [0, 0.1) is 6.92 Å². The highest BCUT2D eigenvalue weighted by Gasteiger charge is 2.40. The standard InChI is InChI=1S/C17H25NO4/c1-11(2)14-10-13(12(3)22-14)15(19)18-17(16(20)21)8-6-4-5-7-9-17/h10-11H,4-9H2,1-3H3,(H,18,19)(H,20,21). The average molecular weight is 307 g/mol. The zero-order valence-corrected chi connectivity index (χ0v) is 13.6. The molecule has 22 heavy (non-hydrogen) atoms. The van der Waals surface area contributed by atoms with Gasteiger partial charge < -0.3 is 14.8 Å². The van der Waals surface area contributed by atoms with E-state index < -0.39 is 11.5 Å². The Balaban J connectivity index is 2.23. The molecule has 1 aromatic rings. The van der Waals surface area contributed by atoms with Gasteiger partial charge >= 0.3 is 5.97 Å². The maximum atomic E-state index is 12.6. The van der Waals surface area contributed by atoms with E-state index in [1.807, 2.05) is 13.8 Å². The zero-order chi connectivity index (χ0) is 16.3. The van der Waals surface area contributed by atoms with E-state index in [9.17, 15) is 14.7 Å². The molecule has 1 amide bonds. The van der Waals surface area contributed by atoms with Crippen molar-refractivity contribution in [1.82, 2.24) is 5.32 Å². The summed E-state index contributed by atoms with van der Waals surface area (Å²) in [5.74, 6) is 0.181. The van der Waals surface area contributed by atoms with Gasteiger partial charge in [-0.3, -0.25) is 4.79 Å². The molecule has 2 N–H and O–H groups in total. The van der Waals surface area contributed by atoms with E-state index in [0.29, 0.717) is 24.2 Å². The Morgan fingerprint density at radius 2 is 1.82 bits per heavy atom. The molecule has 1 aliphatic carbocycles. The fraction of sp³-hybridized carbons (Fsp3) is 0.647. The first kappa shape index (κ1) is 16.6. The van der Waals surface area contributed by atoms with Crippen LogP contribution in [-0.2, 0) is 4.79 Å². The molecule has 1 saturated carbocycles. The van der Waals surface area contributed by atoms with Gasteiger partial charge in [-0.15, -0.1) is 0 Å². The highest BCUT2D eigenvalue weighted by atomic mass is 16.4. The van der Waals surface area contributed by atoms with Gasteiger partial charge in [-0.25, -0.2) is 4.79 Å². The van der Waals surface area contributed by atoms with E-state index in [-0.39, 0.29) is 11.8 Å². The van der Waals surface area contributed by atoms with Crippen LogP contribution >= 0.6 is 0 Å². The topological polar surface area (TPSA) is 79.5 Å². The smallest absolute Gasteiger partial charge is 0.329 e. The predicted molar refractivity (Wildman–Crippen MR) is 83.1 cm³/mol. The normalized spacial score (nSPS) is 18.0. The van der Waals surface area contributed by atoms with Crippen molar-refractivity contribution >= 4 is 11.9 Å². The zero-order valence-electron chi connectivity index (χ0n) is 13.6. The summed E-state index contributed by atoms with van der Waals surface area (Å²) in [6, 6.07) is 1.72. The van der Waals surface area contributed by atoms with Gasteiger partial charge in [0.2, 0.25) is 0 Å². The Morgan fingerprint density at radius 3 is 2.27 bits per heavy atom. The molecule has 0 unspecified atom stereocenters. The van der Waals surface area contributed by atoms with Crippen LogP contribution in [0.25, 0.3) is 0 Å². The largest absolute Gasteiger partial charge is 0.480 e. The molecule has 122 valence electrons. The van der Waals surface area contributed by atoms with Crippen LogP contribution in [0.3, 0.4) is 0 Å². The molecule has 5 nitrogen and oxygen atoms in total. The summed E-state index contributed by atoms with van der Waals surface area (Å²) < 4.78 is 5.60. The molecule has 1 aliphatic rings. The highest BCUT2D eigenvalue weighted by Crippen LogP contribution is 2.29. The van der Waals surface area contributed by atoms with Crippen molar-refractivity contribution in [2.75, 3.05) is 0 Å². The second-order valence-electron chi connectivity index (χ2n) is 6.53. The van der Waals surface area contributed by atoms with Crippen molar-refractivity contribution in [3.05, 3.63) is 23.2 Å². The van der Waals surface area contributed by atoms with E-state index in [2.05, 4.69) is 5.32 Å². The summed E-state index contributed by atoms with van der Waals surface area (Å²) in [6.45, 7) is 5.72. The van der Waals surface area contributed by atoms with Crippen molar-refractivity contribution < 1.29 is 19.1 Å². The summed E-state index contributed by atoms with van der Waals surface area (Å²) in [5.41, 5.74) is -0.705. The van der Waals surface area contributed by atoms with Crippen LogP contribution < -0.4 is 5.32 Å². The molecular weight excluding hydrogens is 282 g/mol. The van der Waals surface area contributed by atoms with Crippen molar-refractivity contribution in [3.63, 3.8) is 0 Å². The molecule has 0 spiro atoms. The van der Waals surface area contributed by atoms with Gasteiger partial charge in [0.1, 0.15) is 17.1 Å². The van der Waals surface area contributed by atoms with Gasteiger partial charge in [-0.05, 0) is 25.8 Å². The summed E-state index contributed by atoms with van der Waals surface area (Å²) in [6.07, 6.45) is 4.67. The molecule has 0 aromatic carbocycles. The summed E-state index contributed by atoms with van der Waals surface area (Å²) in [7, 11) is 0. The second-order valence-corrected chi connectivity index (χ2v) is 6.53. The third-order valence-corrected chi connectivity index (χ3v) is 4.47. The van der Waals surface area contributed by atoms with Gasteiger partial charge in [0.25, 0.3) is 5.91 Å². The lowest BCUT2D eigenvalue weighted by atomic mass is 9.90. The molecular formula is C17H25NO4. The number of hydrogen-bond acceptors (Lipinski definition) is 3. The van der Waals surface area contributed by atoms with E-state index in [0.717, 1.165) is 31.4 Å². The highest BCUT2D eigenvalue weighted by molar-refractivity contribution is 5.98. The van der Waals surface area contributed by atoms with Gasteiger partial charge in [-0.1, -0.05) is 39.5 Å². The maximum Gasteiger partial charge on any atom is 0.329 e. The van der Waals surface area contributed by atoms with E-state index in [1.165, 1.54) is 0 Å². The minimum Gasteiger partial charge on any atom is -0.480 e. The predicted octanol–water partition coefficient (Wildman–Crippen LogP) is 3.62. The number of furan rings is 1. The molecule has 0 saturated heterocycles. The summed E-state index contributed by atoms with van der Waals surface area (Å²) in [4.78, 5) is 24.3. The molecule has 5 heteroatoms. The summed E-state index contributed by atoms with van der Waals surface area (Å²) in [5, 5.41) is 12.4. The van der Waals surface area contributed by atoms with Crippen molar-refractivity contribution in [3.8, 4) is 0 Å². The van der Waals surface area contributed by atoms with Crippen LogP contribution in [0.5, 0.6) is 0 Å². The third-order valence-electron chi connectivity index (χ3n) is 4.47. The Bertz CT molecular complexity index is 551. The van der Waals surface area contributed by atoms with Crippen molar-refractivity contribution in [2.45, 2.75) is 70.8 Å². The number of carboxylic acid groups (broad SMARTS) is 1. The minimum atomic E-state index is -1.14. The Hall–Kier alpha value is -1.78. The number of rotatable bonds is 4. The third kappa shape index (κ3) is 3.34. The SMILES string of the molecule is Cc1oc(C(C)C)cc1C(=O)NC1(C(=O)O)CCCCCC1. The second kappa shape index (κ2) is 6.55. The number of aryl methyl sites for hydroxylation is 1. The average Bonchev–Trinajstić information content (AvgIpc) is 2.68. The number of amides is 1. The molecule has 0 atom stereocenters. The monoisotopic (exact) mass is 307 g/mol. The van der Waals surface area contributed by atoms with Gasteiger partial charge in [0.05, 0.1) is 5.56 Å². The lowest BCUT2D eigenvalue weighted by molar-refractivity contribution is -0.145. The van der Waals surface area contributed by atoms with Crippen LogP contribution in [0.2, 0.25) is 0 Å². The first-order valence-electron chi connectivity index (χ1n) is 8.02. The number of aliphatic carboxylic acids is 1. The van der Waals surface area contributed by atoms with Gasteiger partial charge in [-0.2, -0.15) is 0 Å². The lowest BCUT2D eigenvalue weighted by Gasteiger charge is -2.29. The maximum absolute atomic E-state index is 12.6. The molecule has 0 aliphatic heterocycles. The van der Waals surface area contributed by atoms with Gasteiger partial charge in [0, 0.05) is 5.92 Å². The Morgan fingerprint density at radius 1 is 1.23 bits per heavy atom. The summed E-state index contributed by atoms with van der Waals surface area (Å²) >= 11 is 0. The lowest BCUT2D eigenvalue weighted by Crippen LogP contribution is -2.54. The molecule has 1 heterocycles. The molecule has 2 rings (SSSR count). The van der Waals surface area contributed by atoms with Crippen molar-refractivity contribution in [2.24, 2.45) is 0 Å². The van der Waals surface area contributed by atoms with E-state index >= 15 is 0 Å². The quantitative estimate of drug-likeness (QED) is 0.833. The Labute approximate surface area is 131 Å². The molecule has 0 bridgehead atoms. The minimum absolute atomic E-state index is 0.187. The van der Waals surface area contributed by atoms with E-state index in [4.69, 9.17) is 4.42 Å². The fourth-order valence-corrected chi connectivity index (χ4v) is 3.02. The first-order chi connectivity index (χ1) is 10.4.